The van der Waals surface area contributed by atoms with E-state index < -0.39 is 0 Å². The standard InChI is InChI=1S/C12H11ClN2O3/c1-17-15-11(16)6-10-7-18-12(14-10)8-2-4-9(13)5-3-8/h2-5,7H,6H2,1H3,(H,15,16). The number of hydrogen-bond donors (Lipinski definition) is 1. The minimum atomic E-state index is -0.284. The molecule has 0 unspecified atom stereocenters. The van der Waals surface area contributed by atoms with Crippen LogP contribution < -0.4 is 5.48 Å². The van der Waals surface area contributed by atoms with Crippen molar-refractivity contribution >= 4 is 17.5 Å². The van der Waals surface area contributed by atoms with Crippen molar-refractivity contribution < 1.29 is 14.0 Å². The van der Waals surface area contributed by atoms with E-state index in [1.54, 1.807) is 24.3 Å². The summed E-state index contributed by atoms with van der Waals surface area (Å²) in [4.78, 5) is 20.0. The van der Waals surface area contributed by atoms with Crippen molar-refractivity contribution in [3.63, 3.8) is 0 Å². The molecule has 0 aliphatic heterocycles. The number of nitrogens with zero attached hydrogens (tertiary/aromatic N) is 1. The molecule has 1 heterocycles. The molecule has 1 aromatic carbocycles. The molecule has 2 rings (SSSR count). The van der Waals surface area contributed by atoms with E-state index in [2.05, 4.69) is 15.3 Å². The van der Waals surface area contributed by atoms with Crippen molar-refractivity contribution in [2.45, 2.75) is 6.42 Å². The van der Waals surface area contributed by atoms with Crippen molar-refractivity contribution in [2.75, 3.05) is 7.11 Å². The molecule has 0 radical (unpaired) electrons. The quantitative estimate of drug-likeness (QED) is 0.862. The smallest absolute Gasteiger partial charge is 0.249 e. The fourth-order valence-corrected chi connectivity index (χ4v) is 1.55. The summed E-state index contributed by atoms with van der Waals surface area (Å²) in [6.07, 6.45) is 1.55. The van der Waals surface area contributed by atoms with Gasteiger partial charge in [0.15, 0.2) is 0 Å². The van der Waals surface area contributed by atoms with Gasteiger partial charge in [-0.2, -0.15) is 0 Å². The third-order valence-electron chi connectivity index (χ3n) is 2.20. The zero-order valence-electron chi connectivity index (χ0n) is 9.64. The van der Waals surface area contributed by atoms with Crippen LogP contribution in [0.2, 0.25) is 5.02 Å². The number of amides is 1. The summed E-state index contributed by atoms with van der Waals surface area (Å²) in [7, 11) is 1.37. The number of halogens is 1. The summed E-state index contributed by atoms with van der Waals surface area (Å²) in [5, 5.41) is 0.644. The van der Waals surface area contributed by atoms with Crippen LogP contribution in [0.25, 0.3) is 11.5 Å². The first-order valence-electron chi connectivity index (χ1n) is 5.21. The summed E-state index contributed by atoms with van der Waals surface area (Å²) in [6.45, 7) is 0. The molecule has 18 heavy (non-hydrogen) atoms. The molecule has 1 amide bonds. The lowest BCUT2D eigenvalue weighted by molar-refractivity contribution is -0.130. The number of carbonyl (C=O) groups is 1. The van der Waals surface area contributed by atoms with Crippen LogP contribution in [-0.4, -0.2) is 18.0 Å². The highest BCUT2D eigenvalue weighted by molar-refractivity contribution is 6.30. The Balaban J connectivity index is 2.10. The van der Waals surface area contributed by atoms with Crippen LogP contribution in [0, 0.1) is 0 Å². The second-order valence-corrected chi connectivity index (χ2v) is 3.99. The first kappa shape index (κ1) is 12.6. The molecule has 2 aromatic rings. The largest absolute Gasteiger partial charge is 0.444 e. The molecule has 5 nitrogen and oxygen atoms in total. The first-order chi connectivity index (χ1) is 8.69. The van der Waals surface area contributed by atoms with Crippen LogP contribution in [0.3, 0.4) is 0 Å². The van der Waals surface area contributed by atoms with E-state index in [-0.39, 0.29) is 12.3 Å². The summed E-state index contributed by atoms with van der Waals surface area (Å²) in [5.41, 5.74) is 3.55. The lowest BCUT2D eigenvalue weighted by Crippen LogP contribution is -2.23. The summed E-state index contributed by atoms with van der Waals surface area (Å²) in [5.74, 6) is 0.167. The van der Waals surface area contributed by atoms with Gasteiger partial charge in [0.1, 0.15) is 6.26 Å². The lowest BCUT2D eigenvalue weighted by atomic mass is 10.2. The predicted molar refractivity (Wildman–Crippen MR) is 65.8 cm³/mol. The van der Waals surface area contributed by atoms with E-state index in [1.807, 2.05) is 0 Å². The Bertz CT molecular complexity index is 537. The van der Waals surface area contributed by atoms with Crippen LogP contribution in [0.4, 0.5) is 0 Å². The Hall–Kier alpha value is -1.85. The van der Waals surface area contributed by atoms with Gasteiger partial charge in [-0.15, -0.1) is 0 Å². The first-order valence-corrected chi connectivity index (χ1v) is 5.59. The minimum Gasteiger partial charge on any atom is -0.444 e. The van der Waals surface area contributed by atoms with E-state index in [0.29, 0.717) is 16.6 Å². The topological polar surface area (TPSA) is 64.4 Å². The van der Waals surface area contributed by atoms with Gasteiger partial charge >= 0.3 is 0 Å². The number of oxazole rings is 1. The van der Waals surface area contributed by atoms with Crippen LogP contribution >= 0.6 is 11.6 Å². The van der Waals surface area contributed by atoms with Gasteiger partial charge in [0.05, 0.1) is 19.2 Å². The molecule has 0 fully saturated rings. The van der Waals surface area contributed by atoms with Gasteiger partial charge in [-0.05, 0) is 24.3 Å². The number of hydroxylamine groups is 1. The average molecular weight is 267 g/mol. The minimum absolute atomic E-state index is 0.102. The summed E-state index contributed by atoms with van der Waals surface area (Å²) >= 11 is 5.79. The highest BCUT2D eigenvalue weighted by atomic mass is 35.5. The van der Waals surface area contributed by atoms with E-state index in [0.717, 1.165) is 5.56 Å². The molecular formula is C12H11ClN2O3. The monoisotopic (exact) mass is 266 g/mol. The van der Waals surface area contributed by atoms with Crippen molar-refractivity contribution in [1.29, 1.82) is 0 Å². The maximum atomic E-state index is 11.3. The van der Waals surface area contributed by atoms with Gasteiger partial charge < -0.3 is 4.42 Å². The van der Waals surface area contributed by atoms with Crippen molar-refractivity contribution in [1.82, 2.24) is 10.5 Å². The van der Waals surface area contributed by atoms with Crippen LogP contribution in [0.5, 0.6) is 0 Å². The van der Waals surface area contributed by atoms with E-state index in [1.165, 1.54) is 13.4 Å². The number of benzene rings is 1. The molecule has 0 saturated carbocycles. The van der Waals surface area contributed by atoms with Gasteiger partial charge in [-0.25, -0.2) is 10.5 Å². The molecule has 6 heteroatoms. The second-order valence-electron chi connectivity index (χ2n) is 3.56. The SMILES string of the molecule is CONC(=O)Cc1coc(-c2ccc(Cl)cc2)n1. The van der Waals surface area contributed by atoms with Crippen molar-refractivity contribution in [3.8, 4) is 11.5 Å². The number of hydrogen-bond acceptors (Lipinski definition) is 4. The Kier molecular flexibility index (Phi) is 3.96. The highest BCUT2D eigenvalue weighted by Gasteiger charge is 2.10. The van der Waals surface area contributed by atoms with Crippen molar-refractivity contribution in [3.05, 3.63) is 41.2 Å². The third kappa shape index (κ3) is 3.09. The second kappa shape index (κ2) is 5.66. The van der Waals surface area contributed by atoms with Gasteiger partial charge in [-0.3, -0.25) is 9.63 Å². The normalized spacial score (nSPS) is 10.3. The molecule has 0 aliphatic rings. The fraction of sp³-hybridized carbons (Fsp3) is 0.167. The number of rotatable bonds is 4. The number of nitrogens with one attached hydrogen (secondary N) is 1. The van der Waals surface area contributed by atoms with Crippen LogP contribution in [0.15, 0.2) is 34.9 Å². The van der Waals surface area contributed by atoms with Crippen molar-refractivity contribution in [2.24, 2.45) is 0 Å². The Labute approximate surface area is 109 Å². The average Bonchev–Trinajstić information content (AvgIpc) is 2.78. The van der Waals surface area contributed by atoms with Crippen LogP contribution in [0.1, 0.15) is 5.69 Å². The summed E-state index contributed by atoms with van der Waals surface area (Å²) in [6, 6.07) is 7.09. The zero-order chi connectivity index (χ0) is 13.0. The number of carbonyl (C=O) groups excluding carboxylic acids is 1. The lowest BCUT2D eigenvalue weighted by Gasteiger charge is -1.97. The molecular weight excluding hydrogens is 256 g/mol. The zero-order valence-corrected chi connectivity index (χ0v) is 10.4. The molecule has 0 aliphatic carbocycles. The van der Waals surface area contributed by atoms with Gasteiger partial charge in [0.2, 0.25) is 11.8 Å². The van der Waals surface area contributed by atoms with E-state index in [4.69, 9.17) is 16.0 Å². The Morgan fingerprint density at radius 2 is 2.17 bits per heavy atom. The molecule has 1 N–H and O–H groups in total. The molecule has 94 valence electrons. The van der Waals surface area contributed by atoms with Gasteiger partial charge in [-0.1, -0.05) is 11.6 Å². The Morgan fingerprint density at radius 3 is 2.83 bits per heavy atom. The maximum Gasteiger partial charge on any atom is 0.249 e. The number of aromatic nitrogens is 1. The fourth-order valence-electron chi connectivity index (χ4n) is 1.43. The molecule has 1 aromatic heterocycles. The van der Waals surface area contributed by atoms with Gasteiger partial charge in [0, 0.05) is 10.6 Å². The van der Waals surface area contributed by atoms with Gasteiger partial charge in [0.25, 0.3) is 0 Å². The Morgan fingerprint density at radius 1 is 1.44 bits per heavy atom. The predicted octanol–water partition coefficient (Wildman–Crippen LogP) is 2.22. The molecule has 0 bridgehead atoms. The third-order valence-corrected chi connectivity index (χ3v) is 2.45. The maximum absolute atomic E-state index is 11.3. The molecule has 0 atom stereocenters. The molecule has 0 spiro atoms. The summed E-state index contributed by atoms with van der Waals surface area (Å²) < 4.78 is 5.29. The van der Waals surface area contributed by atoms with Crippen LogP contribution in [-0.2, 0) is 16.1 Å². The molecule has 0 saturated heterocycles. The highest BCUT2D eigenvalue weighted by Crippen LogP contribution is 2.20. The van der Waals surface area contributed by atoms with E-state index >= 15 is 0 Å². The van der Waals surface area contributed by atoms with E-state index in [9.17, 15) is 4.79 Å².